The van der Waals surface area contributed by atoms with Crippen molar-refractivity contribution in [1.29, 1.82) is 0 Å². The van der Waals surface area contributed by atoms with E-state index >= 15 is 0 Å². The van der Waals surface area contributed by atoms with Crippen LogP contribution in [-0.4, -0.2) is 82.2 Å². The third kappa shape index (κ3) is 8.73. The molecule has 4 rings (SSSR count). The molecule has 0 unspecified atom stereocenters. The summed E-state index contributed by atoms with van der Waals surface area (Å²) in [6.07, 6.45) is -3.83. The number of benzene rings is 3. The number of ether oxygens (including phenoxy) is 1. The molecule has 3 aromatic rings. The van der Waals surface area contributed by atoms with Gasteiger partial charge in [0.1, 0.15) is 5.56 Å². The zero-order valence-electron chi connectivity index (χ0n) is 26.1. The van der Waals surface area contributed by atoms with Gasteiger partial charge in [-0.1, -0.05) is 6.07 Å². The van der Waals surface area contributed by atoms with E-state index in [9.17, 15) is 32.9 Å². The van der Waals surface area contributed by atoms with E-state index in [4.69, 9.17) is 4.74 Å². The lowest BCUT2D eigenvalue weighted by molar-refractivity contribution is -0.385. The van der Waals surface area contributed by atoms with E-state index in [0.717, 1.165) is 25.1 Å². The van der Waals surface area contributed by atoms with Gasteiger partial charge in [-0.2, -0.15) is 13.2 Å². The summed E-state index contributed by atoms with van der Waals surface area (Å²) in [6, 6.07) is 12.1. The summed E-state index contributed by atoms with van der Waals surface area (Å²) in [5, 5.41) is 17.1. The van der Waals surface area contributed by atoms with Crippen LogP contribution in [0.2, 0.25) is 0 Å². The molecule has 0 atom stereocenters. The second-order valence-corrected chi connectivity index (χ2v) is 11.3. The van der Waals surface area contributed by atoms with E-state index < -0.39 is 28.5 Å². The highest BCUT2D eigenvalue weighted by Crippen LogP contribution is 2.34. The number of aryl methyl sites for hydroxylation is 1. The molecular weight excluding hydrogens is 605 g/mol. The van der Waals surface area contributed by atoms with Gasteiger partial charge in [-0.25, -0.2) is 0 Å². The lowest BCUT2D eigenvalue weighted by Gasteiger charge is -2.29. The number of nitrogens with one attached hydrogen (secondary N) is 2. The normalized spacial score (nSPS) is 13.4. The minimum Gasteiger partial charge on any atom is -0.378 e. The third-order valence-corrected chi connectivity index (χ3v) is 7.59. The van der Waals surface area contributed by atoms with Gasteiger partial charge in [0.15, 0.2) is 0 Å². The minimum absolute atomic E-state index is 0.143. The van der Waals surface area contributed by atoms with Crippen molar-refractivity contribution in [3.8, 4) is 0 Å². The molecule has 2 N–H and O–H groups in total. The topological polar surface area (TPSA) is 120 Å². The van der Waals surface area contributed by atoms with Crippen molar-refractivity contribution in [3.63, 3.8) is 0 Å². The van der Waals surface area contributed by atoms with Crippen LogP contribution in [0.5, 0.6) is 0 Å². The molecule has 0 aliphatic carbocycles. The van der Waals surface area contributed by atoms with E-state index in [2.05, 4.69) is 10.6 Å². The number of halogens is 3. The fourth-order valence-corrected chi connectivity index (χ4v) is 4.99. The first-order chi connectivity index (χ1) is 21.7. The Kier molecular flexibility index (Phi) is 10.9. The van der Waals surface area contributed by atoms with Gasteiger partial charge >= 0.3 is 6.18 Å². The minimum atomic E-state index is -4.67. The van der Waals surface area contributed by atoms with Crippen LogP contribution in [0.25, 0.3) is 0 Å². The summed E-state index contributed by atoms with van der Waals surface area (Å²) in [4.78, 5) is 43.4. The second-order valence-electron chi connectivity index (χ2n) is 11.3. The molecule has 0 saturated carbocycles. The molecule has 246 valence electrons. The molecule has 0 bridgehead atoms. The van der Waals surface area contributed by atoms with Gasteiger partial charge in [-0.3, -0.25) is 19.7 Å². The number of alkyl halides is 3. The Morgan fingerprint density at radius 1 is 0.957 bits per heavy atom. The van der Waals surface area contributed by atoms with Crippen LogP contribution in [0, 0.1) is 17.0 Å². The standard InChI is InChI=1S/C32H37F3N6O5/c1-21-6-7-24(36-30(42)22-16-23(32(33,34)35)18-26(17-22)40-12-14-46-15-13-40)19-28(21)37-31(43)27-20-25(8-9-29(27)41(44)45)39(4)11-5-10-38(2)3/h6-9,16-20H,5,10-15H2,1-4H3,(H,36,42)(H,37,43). The molecule has 0 radical (unpaired) electrons. The predicted octanol–water partition coefficient (Wildman–Crippen LogP) is 5.65. The van der Waals surface area contributed by atoms with Gasteiger partial charge in [-0.15, -0.1) is 0 Å². The predicted molar refractivity (Wildman–Crippen MR) is 171 cm³/mol. The molecule has 2 amide bonds. The van der Waals surface area contributed by atoms with Crippen LogP contribution < -0.4 is 20.4 Å². The summed E-state index contributed by atoms with van der Waals surface area (Å²) in [7, 11) is 5.76. The van der Waals surface area contributed by atoms with E-state index in [1.807, 2.05) is 30.9 Å². The number of hydrogen-bond donors (Lipinski definition) is 2. The quantitative estimate of drug-likeness (QED) is 0.203. The van der Waals surface area contributed by atoms with Crippen molar-refractivity contribution in [2.45, 2.75) is 19.5 Å². The molecular formula is C32H37F3N6O5. The Labute approximate surface area is 265 Å². The Morgan fingerprint density at radius 2 is 1.67 bits per heavy atom. The van der Waals surface area contributed by atoms with E-state index in [1.54, 1.807) is 30.0 Å². The molecule has 46 heavy (non-hydrogen) atoms. The monoisotopic (exact) mass is 642 g/mol. The Balaban J connectivity index is 1.56. The highest BCUT2D eigenvalue weighted by molar-refractivity contribution is 6.09. The lowest BCUT2D eigenvalue weighted by Crippen LogP contribution is -2.36. The van der Waals surface area contributed by atoms with E-state index in [0.29, 0.717) is 44.1 Å². The number of nitro benzene ring substituents is 1. The van der Waals surface area contributed by atoms with Gasteiger partial charge in [0, 0.05) is 61.1 Å². The van der Waals surface area contributed by atoms with Crippen LogP contribution in [0.3, 0.4) is 0 Å². The maximum Gasteiger partial charge on any atom is 0.416 e. The average molecular weight is 643 g/mol. The van der Waals surface area contributed by atoms with Crippen molar-refractivity contribution < 1.29 is 32.4 Å². The van der Waals surface area contributed by atoms with Crippen molar-refractivity contribution in [2.75, 3.05) is 81.0 Å². The van der Waals surface area contributed by atoms with Gasteiger partial charge in [-0.05, 0) is 82.0 Å². The molecule has 1 aliphatic heterocycles. The molecule has 0 spiro atoms. The summed E-state index contributed by atoms with van der Waals surface area (Å²) in [5.41, 5.74) is 0.299. The maximum absolute atomic E-state index is 13.7. The summed E-state index contributed by atoms with van der Waals surface area (Å²) >= 11 is 0. The van der Waals surface area contributed by atoms with E-state index in [1.165, 1.54) is 24.3 Å². The van der Waals surface area contributed by atoms with Crippen LogP contribution in [0.4, 0.5) is 41.6 Å². The number of carbonyl (C=O) groups is 2. The number of hydrogen-bond acceptors (Lipinski definition) is 8. The number of morpholine rings is 1. The Hall–Kier alpha value is -4.69. The molecule has 1 saturated heterocycles. The molecule has 1 heterocycles. The van der Waals surface area contributed by atoms with Gasteiger partial charge < -0.3 is 30.1 Å². The van der Waals surface area contributed by atoms with Crippen molar-refractivity contribution >= 4 is 40.3 Å². The van der Waals surface area contributed by atoms with Crippen LogP contribution in [0.1, 0.15) is 38.3 Å². The first-order valence-corrected chi connectivity index (χ1v) is 14.7. The zero-order chi connectivity index (χ0) is 33.6. The average Bonchev–Trinajstić information content (AvgIpc) is 3.01. The molecule has 3 aromatic carbocycles. The van der Waals surface area contributed by atoms with Gasteiger partial charge in [0.05, 0.1) is 23.7 Å². The Bertz CT molecular complexity index is 1590. The van der Waals surface area contributed by atoms with Crippen molar-refractivity contribution in [2.24, 2.45) is 0 Å². The van der Waals surface area contributed by atoms with Gasteiger partial charge in [0.2, 0.25) is 0 Å². The fourth-order valence-electron chi connectivity index (χ4n) is 4.99. The number of amides is 2. The van der Waals surface area contributed by atoms with Crippen molar-refractivity contribution in [1.82, 2.24) is 4.90 Å². The third-order valence-electron chi connectivity index (χ3n) is 7.59. The van der Waals surface area contributed by atoms with Crippen LogP contribution in [0.15, 0.2) is 54.6 Å². The first-order valence-electron chi connectivity index (χ1n) is 14.7. The number of nitrogens with zero attached hydrogens (tertiary/aromatic N) is 4. The molecule has 11 nitrogen and oxygen atoms in total. The summed E-state index contributed by atoms with van der Waals surface area (Å²) in [6.45, 7) is 4.70. The van der Waals surface area contributed by atoms with Crippen LogP contribution in [-0.2, 0) is 10.9 Å². The lowest BCUT2D eigenvalue weighted by atomic mass is 10.1. The highest BCUT2D eigenvalue weighted by Gasteiger charge is 2.32. The smallest absolute Gasteiger partial charge is 0.378 e. The SMILES string of the molecule is Cc1ccc(NC(=O)c2cc(N3CCOCC3)cc(C(F)(F)F)c2)cc1NC(=O)c1cc(N(C)CCCN(C)C)ccc1[N+](=O)[O-]. The number of rotatable bonds is 11. The number of carbonyl (C=O) groups excluding carboxylic acids is 2. The zero-order valence-corrected chi connectivity index (χ0v) is 26.1. The van der Waals surface area contributed by atoms with Crippen molar-refractivity contribution in [3.05, 3.63) is 87.0 Å². The first kappa shape index (κ1) is 34.2. The fraction of sp³-hybridized carbons (Fsp3) is 0.375. The maximum atomic E-state index is 13.7. The summed E-state index contributed by atoms with van der Waals surface area (Å²) in [5.74, 6) is -1.50. The molecule has 0 aromatic heterocycles. The summed E-state index contributed by atoms with van der Waals surface area (Å²) < 4.78 is 46.5. The molecule has 1 aliphatic rings. The van der Waals surface area contributed by atoms with E-state index in [-0.39, 0.29) is 33.9 Å². The molecule has 14 heteroatoms. The van der Waals surface area contributed by atoms with Gasteiger partial charge in [0.25, 0.3) is 17.5 Å². The largest absolute Gasteiger partial charge is 0.416 e. The highest BCUT2D eigenvalue weighted by atomic mass is 19.4. The Morgan fingerprint density at radius 3 is 2.33 bits per heavy atom. The number of nitro groups is 1. The van der Waals surface area contributed by atoms with Crippen LogP contribution >= 0.6 is 0 Å². The number of anilines is 4. The second kappa shape index (κ2) is 14.6. The molecule has 1 fully saturated rings.